The Morgan fingerprint density at radius 3 is 2.60 bits per heavy atom. The maximum Gasteiger partial charge on any atom is 0.469 e. The second kappa shape index (κ2) is 11.0. The number of hydrogen-bond donors (Lipinski definition) is 4. The lowest BCUT2D eigenvalue weighted by atomic mass is 10.2. The summed E-state index contributed by atoms with van der Waals surface area (Å²) in [5, 5.41) is 2.77. The molecule has 0 aliphatic carbocycles. The highest BCUT2D eigenvalue weighted by atomic mass is 79.9. The molecule has 2 aromatic rings. The first kappa shape index (κ1) is 24.5. The molecule has 1 aromatic heterocycles. The number of nitrogens with zero attached hydrogens (tertiary/aromatic N) is 2. The normalized spacial score (nSPS) is 12.4. The maximum atomic E-state index is 12.7. The van der Waals surface area contributed by atoms with Crippen LogP contribution in [0, 0.1) is 6.92 Å². The van der Waals surface area contributed by atoms with Crippen LogP contribution < -0.4 is 11.1 Å². The summed E-state index contributed by atoms with van der Waals surface area (Å²) in [6.45, 7) is 3.28. The number of aromatic nitrogens is 2. The highest BCUT2D eigenvalue weighted by Crippen LogP contribution is 2.38. The monoisotopic (exact) mass is 516 g/mol. The Kier molecular flexibility index (Phi) is 9.02. The molecule has 9 nitrogen and oxygen atoms in total. The van der Waals surface area contributed by atoms with E-state index in [1.165, 1.54) is 11.8 Å². The number of hydrogen-bond acceptors (Lipinski definition) is 7. The molecule has 1 aromatic carbocycles. The van der Waals surface area contributed by atoms with E-state index in [4.69, 9.17) is 15.5 Å². The number of amides is 1. The molecule has 12 heteroatoms. The standard InChI is InChI=1S/C18H22BrN4O5PS/c1-11(18(24)22-10-13-9-21-12(2)23-17(13)20)16(7-8-28-29(25,26)27)30-15-5-3-14(19)4-6-15/h3-6,9H,7-8,10H2,1-2H3,(H,22,24)(H2,20,21,23)(H2,25,26,27)/b16-11-. The average molecular weight is 517 g/mol. The van der Waals surface area contributed by atoms with Gasteiger partial charge in [-0.3, -0.25) is 9.32 Å². The summed E-state index contributed by atoms with van der Waals surface area (Å²) in [5.41, 5.74) is 6.85. The minimum atomic E-state index is -4.59. The number of phosphoric acid groups is 1. The third-order valence-corrected chi connectivity index (χ3v) is 6.17. The quantitative estimate of drug-likeness (QED) is 0.223. The Labute approximate surface area is 186 Å². The first-order valence-corrected chi connectivity index (χ1v) is 11.9. The van der Waals surface area contributed by atoms with Gasteiger partial charge in [0.1, 0.15) is 11.6 Å². The summed E-state index contributed by atoms with van der Waals surface area (Å²) in [7, 11) is -4.59. The number of nitrogens with two attached hydrogens (primary N) is 1. The Bertz CT molecular complexity index is 981. The number of halogens is 1. The lowest BCUT2D eigenvalue weighted by Crippen LogP contribution is -2.25. The summed E-state index contributed by atoms with van der Waals surface area (Å²) in [5.74, 6) is 0.492. The van der Waals surface area contributed by atoms with Crippen LogP contribution in [0.4, 0.5) is 5.82 Å². The molecule has 0 fully saturated rings. The van der Waals surface area contributed by atoms with E-state index < -0.39 is 7.82 Å². The Morgan fingerprint density at radius 2 is 2.00 bits per heavy atom. The number of anilines is 1. The van der Waals surface area contributed by atoms with Crippen LogP contribution in [0.2, 0.25) is 0 Å². The topological polar surface area (TPSA) is 148 Å². The van der Waals surface area contributed by atoms with E-state index in [9.17, 15) is 9.36 Å². The number of nitrogens with one attached hydrogen (secondary N) is 1. The highest BCUT2D eigenvalue weighted by molar-refractivity contribution is 9.10. The minimum Gasteiger partial charge on any atom is -0.383 e. The van der Waals surface area contributed by atoms with Crippen LogP contribution in [0.3, 0.4) is 0 Å². The number of carbonyl (C=O) groups excluding carboxylic acids is 1. The SMILES string of the molecule is C/C(C(=O)NCc1cnc(C)nc1N)=C(\CCOP(=O)(O)O)Sc1ccc(Br)cc1. The fourth-order valence-corrected chi connectivity index (χ4v) is 3.88. The molecule has 0 aliphatic heterocycles. The number of thioether (sulfide) groups is 1. The average Bonchev–Trinajstić information content (AvgIpc) is 2.66. The van der Waals surface area contributed by atoms with Crippen molar-refractivity contribution in [3.05, 3.63) is 56.8 Å². The van der Waals surface area contributed by atoms with Crippen molar-refractivity contribution in [3.8, 4) is 0 Å². The largest absolute Gasteiger partial charge is 0.469 e. The van der Waals surface area contributed by atoms with Crippen LogP contribution >= 0.6 is 35.5 Å². The van der Waals surface area contributed by atoms with E-state index in [0.717, 1.165) is 9.37 Å². The van der Waals surface area contributed by atoms with Gasteiger partial charge in [-0.05, 0) is 38.1 Å². The van der Waals surface area contributed by atoms with Crippen molar-refractivity contribution in [2.75, 3.05) is 12.3 Å². The van der Waals surface area contributed by atoms with Crippen LogP contribution in [0.5, 0.6) is 0 Å². The van der Waals surface area contributed by atoms with Gasteiger partial charge in [0.2, 0.25) is 5.91 Å². The molecular formula is C18H22BrN4O5PS. The van der Waals surface area contributed by atoms with Crippen LogP contribution in [0.15, 0.2) is 50.3 Å². The molecule has 5 N–H and O–H groups in total. The molecule has 30 heavy (non-hydrogen) atoms. The van der Waals surface area contributed by atoms with Gasteiger partial charge >= 0.3 is 7.82 Å². The zero-order valence-electron chi connectivity index (χ0n) is 16.3. The number of nitrogen functional groups attached to an aromatic ring is 1. The fraction of sp³-hybridized carbons (Fsp3) is 0.278. The van der Waals surface area contributed by atoms with Crippen LogP contribution in [0.25, 0.3) is 0 Å². The summed E-state index contributed by atoms with van der Waals surface area (Å²) in [6.07, 6.45) is 1.71. The fourth-order valence-electron chi connectivity index (χ4n) is 2.30. The van der Waals surface area contributed by atoms with Gasteiger partial charge < -0.3 is 20.8 Å². The van der Waals surface area contributed by atoms with Crippen molar-refractivity contribution in [2.24, 2.45) is 0 Å². The number of carbonyl (C=O) groups is 1. The predicted molar refractivity (Wildman–Crippen MR) is 118 cm³/mol. The molecule has 1 heterocycles. The molecule has 0 bridgehead atoms. The highest BCUT2D eigenvalue weighted by Gasteiger charge is 2.17. The Hall–Kier alpha value is -1.75. The van der Waals surface area contributed by atoms with Crippen LogP contribution in [-0.2, 0) is 20.4 Å². The van der Waals surface area contributed by atoms with Crippen molar-refractivity contribution >= 4 is 47.2 Å². The third-order valence-electron chi connectivity index (χ3n) is 3.86. The number of benzene rings is 1. The first-order valence-electron chi connectivity index (χ1n) is 8.74. The zero-order chi connectivity index (χ0) is 22.3. The smallest absolute Gasteiger partial charge is 0.383 e. The lowest BCUT2D eigenvalue weighted by Gasteiger charge is -2.14. The van der Waals surface area contributed by atoms with E-state index in [1.807, 2.05) is 24.3 Å². The summed E-state index contributed by atoms with van der Waals surface area (Å²) >= 11 is 4.69. The molecule has 1 amide bonds. The molecule has 0 unspecified atom stereocenters. The molecule has 0 radical (unpaired) electrons. The number of aryl methyl sites for hydroxylation is 1. The molecule has 0 spiro atoms. The van der Waals surface area contributed by atoms with Gasteiger partial charge in [0.25, 0.3) is 0 Å². The second-order valence-electron chi connectivity index (χ2n) is 6.19. The van der Waals surface area contributed by atoms with E-state index >= 15 is 0 Å². The van der Waals surface area contributed by atoms with Crippen LogP contribution in [0.1, 0.15) is 24.7 Å². The van der Waals surface area contributed by atoms with E-state index in [-0.39, 0.29) is 25.5 Å². The number of phosphoric ester groups is 1. The zero-order valence-corrected chi connectivity index (χ0v) is 19.6. The molecule has 0 aliphatic rings. The van der Waals surface area contributed by atoms with Crippen molar-refractivity contribution in [2.45, 2.75) is 31.7 Å². The van der Waals surface area contributed by atoms with Gasteiger partial charge in [0, 0.05) is 44.6 Å². The first-order chi connectivity index (χ1) is 14.0. The van der Waals surface area contributed by atoms with Crippen LogP contribution in [-0.4, -0.2) is 32.3 Å². The minimum absolute atomic E-state index is 0.150. The number of rotatable bonds is 9. The molecule has 0 saturated carbocycles. The molecule has 162 valence electrons. The summed E-state index contributed by atoms with van der Waals surface area (Å²) in [4.78, 5) is 40.1. The second-order valence-corrected chi connectivity index (χ2v) is 9.51. The van der Waals surface area contributed by atoms with Crippen molar-refractivity contribution in [3.63, 3.8) is 0 Å². The molecular weight excluding hydrogens is 495 g/mol. The maximum absolute atomic E-state index is 12.7. The molecule has 0 atom stereocenters. The van der Waals surface area contributed by atoms with Gasteiger partial charge in [0.15, 0.2) is 0 Å². The van der Waals surface area contributed by atoms with Gasteiger partial charge in [-0.25, -0.2) is 14.5 Å². The summed E-state index contributed by atoms with van der Waals surface area (Å²) < 4.78 is 16.4. The van der Waals surface area contributed by atoms with Gasteiger partial charge in [-0.2, -0.15) is 0 Å². The van der Waals surface area contributed by atoms with E-state index in [1.54, 1.807) is 20.0 Å². The van der Waals surface area contributed by atoms with Gasteiger partial charge in [-0.15, -0.1) is 0 Å². The van der Waals surface area contributed by atoms with Gasteiger partial charge in [0.05, 0.1) is 6.61 Å². The molecule has 0 saturated heterocycles. The van der Waals surface area contributed by atoms with Crippen molar-refractivity contribution in [1.29, 1.82) is 0 Å². The molecule has 2 rings (SSSR count). The van der Waals surface area contributed by atoms with Crippen molar-refractivity contribution < 1.29 is 23.7 Å². The lowest BCUT2D eigenvalue weighted by molar-refractivity contribution is -0.117. The Morgan fingerprint density at radius 1 is 1.33 bits per heavy atom. The Balaban J connectivity index is 2.15. The van der Waals surface area contributed by atoms with Crippen molar-refractivity contribution in [1.82, 2.24) is 15.3 Å². The predicted octanol–water partition coefficient (Wildman–Crippen LogP) is 3.31. The van der Waals surface area contributed by atoms with E-state index in [2.05, 4.69) is 35.7 Å². The van der Waals surface area contributed by atoms with Gasteiger partial charge in [-0.1, -0.05) is 27.7 Å². The summed E-state index contributed by atoms with van der Waals surface area (Å²) in [6, 6.07) is 7.46. The third kappa shape index (κ3) is 8.17. The van der Waals surface area contributed by atoms with E-state index in [0.29, 0.717) is 27.7 Å².